The van der Waals surface area contributed by atoms with Crippen LogP contribution in [0.1, 0.15) is 38.3 Å². The van der Waals surface area contributed by atoms with Crippen molar-refractivity contribution < 1.29 is 4.74 Å². The van der Waals surface area contributed by atoms with E-state index in [1.54, 1.807) is 0 Å². The van der Waals surface area contributed by atoms with Gasteiger partial charge >= 0.3 is 0 Å². The maximum Gasteiger partial charge on any atom is 0.192 e. The first kappa shape index (κ1) is 11.3. The van der Waals surface area contributed by atoms with Gasteiger partial charge in [-0.05, 0) is 25.0 Å². The molecule has 0 N–H and O–H groups in total. The van der Waals surface area contributed by atoms with Crippen molar-refractivity contribution in [1.82, 2.24) is 4.57 Å². The van der Waals surface area contributed by atoms with Gasteiger partial charge in [-0.15, -0.1) is 0 Å². The molecule has 1 aliphatic heterocycles. The lowest BCUT2D eigenvalue weighted by atomic mass is 10.0. The van der Waals surface area contributed by atoms with E-state index < -0.39 is 0 Å². The molecule has 3 nitrogen and oxygen atoms in total. The Morgan fingerprint density at radius 2 is 2.17 bits per heavy atom. The monoisotopic (exact) mass is 243 g/mol. The van der Waals surface area contributed by atoms with Crippen molar-refractivity contribution in [2.75, 3.05) is 6.61 Å². The molecule has 94 valence electrons. The van der Waals surface area contributed by atoms with Crippen molar-refractivity contribution >= 4 is 10.9 Å². The molecule has 0 bridgehead atoms. The van der Waals surface area contributed by atoms with Crippen LogP contribution in [0.2, 0.25) is 0 Å². The Labute approximate surface area is 106 Å². The molecule has 0 radical (unpaired) electrons. The van der Waals surface area contributed by atoms with Crippen LogP contribution in [-0.4, -0.2) is 11.2 Å². The number of pyridine rings is 1. The number of benzene rings is 1. The minimum absolute atomic E-state index is 0.135. The Balaban J connectivity index is 2.48. The van der Waals surface area contributed by atoms with Crippen LogP contribution in [0, 0.1) is 0 Å². The van der Waals surface area contributed by atoms with Gasteiger partial charge in [-0.25, -0.2) is 0 Å². The predicted octanol–water partition coefficient (Wildman–Crippen LogP) is 3.08. The molecule has 1 aliphatic rings. The summed E-state index contributed by atoms with van der Waals surface area (Å²) in [7, 11) is 0. The van der Waals surface area contributed by atoms with Gasteiger partial charge in [-0.2, -0.15) is 0 Å². The number of rotatable bonds is 1. The van der Waals surface area contributed by atoms with Crippen LogP contribution in [0.15, 0.2) is 29.2 Å². The van der Waals surface area contributed by atoms with Crippen LogP contribution >= 0.6 is 0 Å². The summed E-state index contributed by atoms with van der Waals surface area (Å²) in [5, 5.41) is 0.769. The van der Waals surface area contributed by atoms with Gasteiger partial charge in [0.15, 0.2) is 5.43 Å². The quantitative estimate of drug-likeness (QED) is 0.770. The Bertz CT molecular complexity index is 670. The smallest absolute Gasteiger partial charge is 0.192 e. The van der Waals surface area contributed by atoms with E-state index in [-0.39, 0.29) is 17.4 Å². The maximum atomic E-state index is 12.5. The standard InChI is InChI=1S/C15H17NO2/c1-9(2)12-7-16-10(3)8-18-13-6-4-5-11(14(13)16)15(12)17/h4-7,9-10H,8H2,1-3H3. The molecule has 3 rings (SSSR count). The molecule has 1 atom stereocenters. The highest BCUT2D eigenvalue weighted by molar-refractivity contribution is 5.86. The van der Waals surface area contributed by atoms with Crippen LogP contribution < -0.4 is 10.2 Å². The molecular weight excluding hydrogens is 226 g/mol. The van der Waals surface area contributed by atoms with Crippen molar-refractivity contribution in [3.63, 3.8) is 0 Å². The largest absolute Gasteiger partial charge is 0.489 e. The van der Waals surface area contributed by atoms with Crippen molar-refractivity contribution in [3.05, 3.63) is 40.2 Å². The number of para-hydroxylation sites is 1. The average Bonchev–Trinajstić information content (AvgIpc) is 2.35. The zero-order valence-electron chi connectivity index (χ0n) is 10.9. The summed E-state index contributed by atoms with van der Waals surface area (Å²) in [6.45, 7) is 6.89. The molecule has 3 heteroatoms. The van der Waals surface area contributed by atoms with Gasteiger partial charge < -0.3 is 9.30 Å². The van der Waals surface area contributed by atoms with Crippen molar-refractivity contribution in [3.8, 4) is 5.75 Å². The van der Waals surface area contributed by atoms with Crippen LogP contribution in [-0.2, 0) is 0 Å². The zero-order valence-corrected chi connectivity index (χ0v) is 10.9. The van der Waals surface area contributed by atoms with Gasteiger partial charge in [0.05, 0.1) is 11.6 Å². The molecule has 1 unspecified atom stereocenters. The highest BCUT2D eigenvalue weighted by Crippen LogP contribution is 2.31. The molecule has 1 aromatic carbocycles. The second kappa shape index (κ2) is 3.87. The summed E-state index contributed by atoms with van der Waals surface area (Å²) in [5.41, 5.74) is 1.95. The average molecular weight is 243 g/mol. The fourth-order valence-electron chi connectivity index (χ4n) is 2.57. The topological polar surface area (TPSA) is 31.2 Å². The van der Waals surface area contributed by atoms with Crippen molar-refractivity contribution in [2.24, 2.45) is 0 Å². The first-order chi connectivity index (χ1) is 8.59. The second-order valence-corrected chi connectivity index (χ2v) is 5.29. The Morgan fingerprint density at radius 3 is 2.89 bits per heavy atom. The molecule has 2 heterocycles. The molecule has 0 aliphatic carbocycles. The van der Waals surface area contributed by atoms with Crippen LogP contribution in [0.25, 0.3) is 10.9 Å². The summed E-state index contributed by atoms with van der Waals surface area (Å²) in [4.78, 5) is 12.5. The molecule has 2 aromatic rings. The van der Waals surface area contributed by atoms with Crippen LogP contribution in [0.5, 0.6) is 5.75 Å². The molecule has 0 saturated heterocycles. The Morgan fingerprint density at radius 1 is 1.39 bits per heavy atom. The molecular formula is C15H17NO2. The second-order valence-electron chi connectivity index (χ2n) is 5.29. The van der Waals surface area contributed by atoms with Gasteiger partial charge in [0.2, 0.25) is 0 Å². The van der Waals surface area contributed by atoms with E-state index in [0.717, 1.165) is 22.2 Å². The van der Waals surface area contributed by atoms with Gasteiger partial charge in [-0.1, -0.05) is 19.9 Å². The SMILES string of the molecule is CC(C)c1cn2c3c(cccc3c1=O)OCC2C. The molecule has 1 aromatic heterocycles. The lowest BCUT2D eigenvalue weighted by Gasteiger charge is -2.27. The third-order valence-electron chi connectivity index (χ3n) is 3.62. The van der Waals surface area contributed by atoms with Crippen molar-refractivity contribution in [2.45, 2.75) is 32.7 Å². The normalized spacial score (nSPS) is 18.1. The Hall–Kier alpha value is -1.77. The number of hydrogen-bond donors (Lipinski definition) is 0. The first-order valence-corrected chi connectivity index (χ1v) is 6.40. The molecule has 0 spiro atoms. The molecule has 0 amide bonds. The third kappa shape index (κ3) is 1.47. The fourth-order valence-corrected chi connectivity index (χ4v) is 2.57. The van der Waals surface area contributed by atoms with E-state index >= 15 is 0 Å². The number of hydrogen-bond acceptors (Lipinski definition) is 2. The first-order valence-electron chi connectivity index (χ1n) is 6.40. The number of ether oxygens (including phenoxy) is 1. The number of aromatic nitrogens is 1. The Kier molecular flexibility index (Phi) is 2.44. The van der Waals surface area contributed by atoms with Gasteiger partial charge in [0.25, 0.3) is 0 Å². The van der Waals surface area contributed by atoms with Gasteiger partial charge in [0.1, 0.15) is 12.4 Å². The van der Waals surface area contributed by atoms with Gasteiger partial charge in [0, 0.05) is 17.1 Å². The van der Waals surface area contributed by atoms with E-state index in [9.17, 15) is 4.79 Å². The van der Waals surface area contributed by atoms with Gasteiger partial charge in [-0.3, -0.25) is 4.79 Å². The summed E-state index contributed by atoms with van der Waals surface area (Å²) in [6, 6.07) is 5.98. The minimum atomic E-state index is 0.135. The summed E-state index contributed by atoms with van der Waals surface area (Å²) in [5.74, 6) is 1.06. The van der Waals surface area contributed by atoms with E-state index in [1.165, 1.54) is 0 Å². The molecule has 0 saturated carbocycles. The highest BCUT2D eigenvalue weighted by Gasteiger charge is 2.21. The maximum absolute atomic E-state index is 12.5. The number of nitrogens with zero attached hydrogens (tertiary/aromatic N) is 1. The molecule has 18 heavy (non-hydrogen) atoms. The van der Waals surface area contributed by atoms with Crippen molar-refractivity contribution in [1.29, 1.82) is 0 Å². The summed E-state index contributed by atoms with van der Waals surface area (Å²) < 4.78 is 7.89. The van der Waals surface area contributed by atoms with E-state index in [1.807, 2.05) is 24.4 Å². The third-order valence-corrected chi connectivity index (χ3v) is 3.62. The zero-order chi connectivity index (χ0) is 12.9. The summed E-state index contributed by atoms with van der Waals surface area (Å²) in [6.07, 6.45) is 2.01. The van der Waals surface area contributed by atoms with E-state index in [0.29, 0.717) is 6.61 Å². The van der Waals surface area contributed by atoms with E-state index in [4.69, 9.17) is 4.74 Å². The minimum Gasteiger partial charge on any atom is -0.489 e. The highest BCUT2D eigenvalue weighted by atomic mass is 16.5. The van der Waals surface area contributed by atoms with E-state index in [2.05, 4.69) is 25.3 Å². The fraction of sp³-hybridized carbons (Fsp3) is 0.400. The molecule has 0 fully saturated rings. The predicted molar refractivity (Wildman–Crippen MR) is 72.5 cm³/mol. The van der Waals surface area contributed by atoms with Crippen LogP contribution in [0.4, 0.5) is 0 Å². The van der Waals surface area contributed by atoms with Crippen LogP contribution in [0.3, 0.4) is 0 Å². The lowest BCUT2D eigenvalue weighted by Crippen LogP contribution is -2.25. The lowest BCUT2D eigenvalue weighted by molar-refractivity contribution is 0.247. The summed E-state index contributed by atoms with van der Waals surface area (Å²) >= 11 is 0.